The Labute approximate surface area is 54.2 Å². The highest BCUT2D eigenvalue weighted by Gasteiger charge is 1.92. The Kier molecular flexibility index (Phi) is 1.80. The Balaban J connectivity index is 3.01. The van der Waals surface area contributed by atoms with Gasteiger partial charge in [-0.3, -0.25) is 4.98 Å². The summed E-state index contributed by atoms with van der Waals surface area (Å²) in [5, 5.41) is 8.64. The minimum absolute atomic E-state index is 0.0205. The summed E-state index contributed by atoms with van der Waals surface area (Å²) < 4.78 is 0. The van der Waals surface area contributed by atoms with Crippen LogP contribution in [0.2, 0.25) is 0 Å². The minimum atomic E-state index is 0.0205. The van der Waals surface area contributed by atoms with Crippen molar-refractivity contribution in [2.45, 2.75) is 6.61 Å². The standard InChI is InChI=1S/C7H8NO/c1-6-7(5-9)3-2-4-8-6/h2-4,9H,1,5H2. The monoisotopic (exact) mass is 122 g/mol. The molecule has 0 aliphatic rings. The van der Waals surface area contributed by atoms with Crippen molar-refractivity contribution in [1.82, 2.24) is 4.98 Å². The minimum Gasteiger partial charge on any atom is -0.392 e. The van der Waals surface area contributed by atoms with Crippen molar-refractivity contribution in [3.63, 3.8) is 0 Å². The van der Waals surface area contributed by atoms with Gasteiger partial charge in [0.1, 0.15) is 0 Å². The predicted octanol–water partition coefficient (Wildman–Crippen LogP) is 0.756. The molecule has 1 aromatic rings. The van der Waals surface area contributed by atoms with Gasteiger partial charge >= 0.3 is 0 Å². The van der Waals surface area contributed by atoms with Gasteiger partial charge in [-0.25, -0.2) is 0 Å². The Morgan fingerprint density at radius 1 is 1.67 bits per heavy atom. The second-order valence-electron chi connectivity index (χ2n) is 1.77. The number of hydrogen-bond acceptors (Lipinski definition) is 2. The lowest BCUT2D eigenvalue weighted by atomic mass is 10.2. The maximum atomic E-state index is 8.64. The second-order valence-corrected chi connectivity index (χ2v) is 1.77. The summed E-state index contributed by atoms with van der Waals surface area (Å²) in [5.74, 6) is 0. The van der Waals surface area contributed by atoms with E-state index in [4.69, 9.17) is 5.11 Å². The Morgan fingerprint density at radius 3 is 2.89 bits per heavy atom. The van der Waals surface area contributed by atoms with Crippen LogP contribution in [0.3, 0.4) is 0 Å². The zero-order valence-electron chi connectivity index (χ0n) is 5.04. The highest BCUT2D eigenvalue weighted by atomic mass is 16.3. The zero-order valence-corrected chi connectivity index (χ0v) is 5.04. The molecule has 2 nitrogen and oxygen atoms in total. The van der Waals surface area contributed by atoms with Gasteiger partial charge in [-0.15, -0.1) is 0 Å². The van der Waals surface area contributed by atoms with E-state index in [0.717, 1.165) is 5.56 Å². The van der Waals surface area contributed by atoms with E-state index in [-0.39, 0.29) is 6.61 Å². The zero-order chi connectivity index (χ0) is 6.69. The summed E-state index contributed by atoms with van der Waals surface area (Å²) in [6.45, 7) is 3.64. The van der Waals surface area contributed by atoms with Gasteiger partial charge in [0.05, 0.1) is 6.61 Å². The number of aliphatic hydroxyl groups is 1. The van der Waals surface area contributed by atoms with Crippen LogP contribution in [0, 0.1) is 6.92 Å². The Morgan fingerprint density at radius 2 is 2.44 bits per heavy atom. The van der Waals surface area contributed by atoms with Crippen LogP contribution in [0.5, 0.6) is 0 Å². The predicted molar refractivity (Wildman–Crippen MR) is 34.6 cm³/mol. The van der Waals surface area contributed by atoms with Gasteiger partial charge in [0, 0.05) is 11.9 Å². The number of hydrogen-bond donors (Lipinski definition) is 1. The molecule has 0 aliphatic carbocycles. The van der Waals surface area contributed by atoms with E-state index in [2.05, 4.69) is 11.9 Å². The maximum Gasteiger partial charge on any atom is 0.0699 e. The lowest BCUT2D eigenvalue weighted by Gasteiger charge is -1.96. The van der Waals surface area contributed by atoms with Crippen molar-refractivity contribution < 1.29 is 5.11 Å². The number of pyridine rings is 1. The van der Waals surface area contributed by atoms with E-state index in [1.54, 1.807) is 18.3 Å². The lowest BCUT2D eigenvalue weighted by molar-refractivity contribution is 0.281. The fraction of sp³-hybridized carbons (Fsp3) is 0.143. The molecule has 0 spiro atoms. The normalized spacial score (nSPS) is 9.56. The molecule has 0 aliphatic heterocycles. The van der Waals surface area contributed by atoms with Crippen molar-refractivity contribution in [3.05, 3.63) is 36.5 Å². The molecule has 1 radical (unpaired) electrons. The van der Waals surface area contributed by atoms with Crippen LogP contribution in [-0.4, -0.2) is 10.1 Å². The summed E-state index contributed by atoms with van der Waals surface area (Å²) >= 11 is 0. The molecular formula is C7H8NO. The van der Waals surface area contributed by atoms with Gasteiger partial charge in [0.15, 0.2) is 0 Å². The molecule has 1 heterocycles. The molecule has 0 aromatic carbocycles. The van der Waals surface area contributed by atoms with Crippen LogP contribution in [-0.2, 0) is 6.61 Å². The van der Waals surface area contributed by atoms with Gasteiger partial charge in [0.25, 0.3) is 0 Å². The topological polar surface area (TPSA) is 33.1 Å². The molecule has 0 atom stereocenters. The summed E-state index contributed by atoms with van der Waals surface area (Å²) in [5.41, 5.74) is 1.44. The van der Waals surface area contributed by atoms with Crippen LogP contribution in [0.4, 0.5) is 0 Å². The first-order chi connectivity index (χ1) is 4.34. The molecule has 1 N–H and O–H groups in total. The third-order valence-electron chi connectivity index (χ3n) is 1.15. The highest BCUT2D eigenvalue weighted by Crippen LogP contribution is 2.01. The van der Waals surface area contributed by atoms with Crippen molar-refractivity contribution in [3.8, 4) is 0 Å². The van der Waals surface area contributed by atoms with E-state index in [1.807, 2.05) is 0 Å². The largest absolute Gasteiger partial charge is 0.392 e. The average Bonchev–Trinajstić information content (AvgIpc) is 1.89. The van der Waals surface area contributed by atoms with E-state index < -0.39 is 0 Å². The van der Waals surface area contributed by atoms with Gasteiger partial charge in [0.2, 0.25) is 0 Å². The lowest BCUT2D eigenvalue weighted by Crippen LogP contribution is -1.89. The molecule has 0 bridgehead atoms. The third kappa shape index (κ3) is 1.27. The summed E-state index contributed by atoms with van der Waals surface area (Å²) in [6.07, 6.45) is 1.65. The van der Waals surface area contributed by atoms with E-state index >= 15 is 0 Å². The van der Waals surface area contributed by atoms with Crippen LogP contribution in [0.15, 0.2) is 18.3 Å². The number of aliphatic hydroxyl groups excluding tert-OH is 1. The number of rotatable bonds is 1. The van der Waals surface area contributed by atoms with Gasteiger partial charge in [-0.2, -0.15) is 0 Å². The van der Waals surface area contributed by atoms with Crippen molar-refractivity contribution in [1.29, 1.82) is 0 Å². The Hall–Kier alpha value is -0.890. The third-order valence-corrected chi connectivity index (χ3v) is 1.15. The average molecular weight is 122 g/mol. The van der Waals surface area contributed by atoms with E-state index in [0.29, 0.717) is 5.69 Å². The quantitative estimate of drug-likeness (QED) is 0.596. The van der Waals surface area contributed by atoms with Crippen molar-refractivity contribution in [2.75, 3.05) is 0 Å². The van der Waals surface area contributed by atoms with Crippen LogP contribution < -0.4 is 0 Å². The highest BCUT2D eigenvalue weighted by molar-refractivity contribution is 5.20. The van der Waals surface area contributed by atoms with Crippen LogP contribution in [0.1, 0.15) is 11.3 Å². The molecule has 1 aromatic heterocycles. The molecule has 47 valence electrons. The van der Waals surface area contributed by atoms with E-state index in [1.165, 1.54) is 0 Å². The SMILES string of the molecule is [CH2]c1ncccc1CO. The fourth-order valence-electron chi connectivity index (χ4n) is 0.615. The smallest absolute Gasteiger partial charge is 0.0699 e. The molecule has 1 rings (SSSR count). The van der Waals surface area contributed by atoms with Gasteiger partial charge < -0.3 is 5.11 Å². The summed E-state index contributed by atoms with van der Waals surface area (Å²) in [6, 6.07) is 3.58. The van der Waals surface area contributed by atoms with Crippen LogP contribution >= 0.6 is 0 Å². The Bertz CT molecular complexity index is 198. The summed E-state index contributed by atoms with van der Waals surface area (Å²) in [7, 11) is 0. The second kappa shape index (κ2) is 2.60. The molecule has 0 saturated carbocycles. The van der Waals surface area contributed by atoms with Crippen molar-refractivity contribution >= 4 is 0 Å². The molecule has 9 heavy (non-hydrogen) atoms. The van der Waals surface area contributed by atoms with Crippen molar-refractivity contribution in [2.24, 2.45) is 0 Å². The first-order valence-corrected chi connectivity index (χ1v) is 2.71. The van der Waals surface area contributed by atoms with E-state index in [9.17, 15) is 0 Å². The van der Waals surface area contributed by atoms with Crippen LogP contribution in [0.25, 0.3) is 0 Å². The first-order valence-electron chi connectivity index (χ1n) is 2.71. The molecule has 0 fully saturated rings. The van der Waals surface area contributed by atoms with Gasteiger partial charge in [-0.1, -0.05) is 6.07 Å². The molecule has 0 saturated heterocycles. The molecule has 2 heteroatoms. The van der Waals surface area contributed by atoms with Gasteiger partial charge in [-0.05, 0) is 18.6 Å². The molecule has 0 amide bonds. The first kappa shape index (κ1) is 6.23. The fourth-order valence-corrected chi connectivity index (χ4v) is 0.615. The maximum absolute atomic E-state index is 8.64. The number of nitrogens with zero attached hydrogens (tertiary/aromatic N) is 1. The molecule has 0 unspecified atom stereocenters. The summed E-state index contributed by atoms with van der Waals surface area (Å²) in [4.78, 5) is 3.88. The number of aromatic nitrogens is 1. The molecular weight excluding hydrogens is 114 g/mol.